The number of nitrogens with one attached hydrogen (secondary N) is 1. The molecule has 0 heterocycles. The van der Waals surface area contributed by atoms with Gasteiger partial charge in [0.25, 0.3) is 5.91 Å². The van der Waals surface area contributed by atoms with Gasteiger partial charge in [-0.05, 0) is 30.7 Å². The van der Waals surface area contributed by atoms with Crippen molar-refractivity contribution in [1.82, 2.24) is 5.32 Å². The molecule has 0 unspecified atom stereocenters. The molecule has 0 atom stereocenters. The maximum absolute atomic E-state index is 11.4. The maximum atomic E-state index is 11.4. The summed E-state index contributed by atoms with van der Waals surface area (Å²) in [6, 6.07) is 7.07. The van der Waals surface area contributed by atoms with Gasteiger partial charge in [-0.2, -0.15) is 5.26 Å². The van der Waals surface area contributed by atoms with E-state index in [0.717, 1.165) is 0 Å². The number of carbonyl (C=O) groups is 1. The molecule has 19 heavy (non-hydrogen) atoms. The van der Waals surface area contributed by atoms with Crippen LogP contribution in [0.1, 0.15) is 12.5 Å². The number of methoxy groups -OCH3 is 1. The molecule has 1 aromatic rings. The minimum Gasteiger partial charge on any atom is -0.493 e. The molecule has 0 aromatic heterocycles. The molecule has 0 spiro atoms. The summed E-state index contributed by atoms with van der Waals surface area (Å²) < 4.78 is 10.6. The number of nitriles is 1. The zero-order chi connectivity index (χ0) is 14.3. The van der Waals surface area contributed by atoms with Crippen molar-refractivity contribution in [2.75, 3.05) is 20.8 Å². The Morgan fingerprint density at radius 3 is 2.74 bits per heavy atom. The van der Waals surface area contributed by atoms with Crippen LogP contribution in [0.25, 0.3) is 6.08 Å². The number of rotatable bonds is 5. The molecule has 0 radical (unpaired) electrons. The molecule has 1 aromatic carbocycles. The standard InChI is InChI=1S/C14H16N2O3/c1-4-19-12-6-5-10(8-13(12)18-3)7-11(9-15)14(17)16-2/h5-8H,4H2,1-3H3,(H,16,17)/b11-7+. The smallest absolute Gasteiger partial charge is 0.261 e. The van der Waals surface area contributed by atoms with Crippen LogP contribution in [0, 0.1) is 11.3 Å². The van der Waals surface area contributed by atoms with Gasteiger partial charge in [0, 0.05) is 7.05 Å². The number of hydrogen-bond donors (Lipinski definition) is 1. The molecule has 0 aliphatic carbocycles. The van der Waals surface area contributed by atoms with Crippen molar-refractivity contribution in [3.63, 3.8) is 0 Å². The first-order valence-corrected chi connectivity index (χ1v) is 5.81. The van der Waals surface area contributed by atoms with Crippen LogP contribution in [0.2, 0.25) is 0 Å². The molecule has 0 saturated carbocycles. The number of benzene rings is 1. The quantitative estimate of drug-likeness (QED) is 0.646. The average Bonchev–Trinajstić information content (AvgIpc) is 2.45. The highest BCUT2D eigenvalue weighted by atomic mass is 16.5. The van der Waals surface area contributed by atoms with Crippen molar-refractivity contribution in [1.29, 1.82) is 5.26 Å². The van der Waals surface area contributed by atoms with E-state index in [2.05, 4.69) is 5.32 Å². The average molecular weight is 260 g/mol. The molecule has 0 bridgehead atoms. The van der Waals surface area contributed by atoms with Gasteiger partial charge in [0.2, 0.25) is 0 Å². The molecule has 100 valence electrons. The zero-order valence-corrected chi connectivity index (χ0v) is 11.2. The lowest BCUT2D eigenvalue weighted by atomic mass is 10.1. The van der Waals surface area contributed by atoms with E-state index in [4.69, 9.17) is 14.7 Å². The van der Waals surface area contributed by atoms with E-state index in [1.807, 2.05) is 13.0 Å². The number of carbonyl (C=O) groups excluding carboxylic acids is 1. The SMILES string of the molecule is CCOc1ccc(/C=C(\C#N)C(=O)NC)cc1OC. The lowest BCUT2D eigenvalue weighted by Crippen LogP contribution is -2.19. The lowest BCUT2D eigenvalue weighted by Gasteiger charge is -2.09. The third-order valence-corrected chi connectivity index (χ3v) is 2.39. The molecule has 5 heteroatoms. The second-order valence-corrected chi connectivity index (χ2v) is 3.59. The number of amides is 1. The van der Waals surface area contributed by atoms with Crippen LogP contribution < -0.4 is 14.8 Å². The van der Waals surface area contributed by atoms with Gasteiger partial charge in [-0.3, -0.25) is 4.79 Å². The highest BCUT2D eigenvalue weighted by molar-refractivity contribution is 6.01. The van der Waals surface area contributed by atoms with Crippen molar-refractivity contribution in [2.45, 2.75) is 6.92 Å². The number of ether oxygens (including phenoxy) is 2. The highest BCUT2D eigenvalue weighted by Crippen LogP contribution is 2.28. The fraction of sp³-hybridized carbons (Fsp3) is 0.286. The number of likely N-dealkylation sites (N-methyl/N-ethyl adjacent to an activating group) is 1. The van der Waals surface area contributed by atoms with Gasteiger partial charge >= 0.3 is 0 Å². The summed E-state index contributed by atoms with van der Waals surface area (Å²) in [6.07, 6.45) is 1.50. The molecule has 1 rings (SSSR count). The molecular weight excluding hydrogens is 244 g/mol. The van der Waals surface area contributed by atoms with Gasteiger partial charge in [-0.1, -0.05) is 6.07 Å². The Hall–Kier alpha value is -2.48. The molecule has 1 amide bonds. The van der Waals surface area contributed by atoms with Crippen LogP contribution in [0.15, 0.2) is 23.8 Å². The van der Waals surface area contributed by atoms with Gasteiger partial charge in [-0.25, -0.2) is 0 Å². The Bertz CT molecular complexity index is 530. The molecular formula is C14H16N2O3. The monoisotopic (exact) mass is 260 g/mol. The van der Waals surface area contributed by atoms with E-state index in [-0.39, 0.29) is 5.57 Å². The third-order valence-electron chi connectivity index (χ3n) is 2.39. The van der Waals surface area contributed by atoms with E-state index in [1.165, 1.54) is 20.2 Å². The van der Waals surface area contributed by atoms with Gasteiger partial charge in [0.05, 0.1) is 13.7 Å². The summed E-state index contributed by atoms with van der Waals surface area (Å²) in [4.78, 5) is 11.4. The van der Waals surface area contributed by atoms with Crippen molar-refractivity contribution in [2.24, 2.45) is 0 Å². The summed E-state index contributed by atoms with van der Waals surface area (Å²) >= 11 is 0. The molecule has 5 nitrogen and oxygen atoms in total. The van der Waals surface area contributed by atoms with Crippen LogP contribution in [0.5, 0.6) is 11.5 Å². The second kappa shape index (κ2) is 7.07. The van der Waals surface area contributed by atoms with Gasteiger partial charge < -0.3 is 14.8 Å². The van der Waals surface area contributed by atoms with Crippen LogP contribution in [-0.4, -0.2) is 26.7 Å². The predicted molar refractivity (Wildman–Crippen MR) is 71.8 cm³/mol. The first kappa shape index (κ1) is 14.6. The van der Waals surface area contributed by atoms with Crippen molar-refractivity contribution >= 4 is 12.0 Å². The summed E-state index contributed by atoms with van der Waals surface area (Å²) in [5.41, 5.74) is 0.731. The number of nitrogens with zero attached hydrogens (tertiary/aromatic N) is 1. The zero-order valence-electron chi connectivity index (χ0n) is 11.2. The van der Waals surface area contributed by atoms with Crippen LogP contribution in [0.3, 0.4) is 0 Å². The molecule has 0 aliphatic rings. The Labute approximate surface area is 112 Å². The minimum atomic E-state index is -0.421. The van der Waals surface area contributed by atoms with E-state index >= 15 is 0 Å². The van der Waals surface area contributed by atoms with Crippen molar-refractivity contribution in [3.8, 4) is 17.6 Å². The van der Waals surface area contributed by atoms with E-state index in [1.54, 1.807) is 18.2 Å². The van der Waals surface area contributed by atoms with Crippen LogP contribution in [-0.2, 0) is 4.79 Å². The molecule has 0 saturated heterocycles. The lowest BCUT2D eigenvalue weighted by molar-refractivity contribution is -0.116. The van der Waals surface area contributed by atoms with Gasteiger partial charge in [0.15, 0.2) is 11.5 Å². The van der Waals surface area contributed by atoms with Crippen molar-refractivity contribution in [3.05, 3.63) is 29.3 Å². The normalized spacial score (nSPS) is 10.5. The van der Waals surface area contributed by atoms with Crippen LogP contribution >= 0.6 is 0 Å². The van der Waals surface area contributed by atoms with E-state index in [9.17, 15) is 4.79 Å². The van der Waals surface area contributed by atoms with Crippen LogP contribution in [0.4, 0.5) is 0 Å². The van der Waals surface area contributed by atoms with Crippen molar-refractivity contribution < 1.29 is 14.3 Å². The Morgan fingerprint density at radius 2 is 2.21 bits per heavy atom. The molecule has 0 fully saturated rings. The topological polar surface area (TPSA) is 71.3 Å². The number of hydrogen-bond acceptors (Lipinski definition) is 4. The first-order valence-electron chi connectivity index (χ1n) is 5.81. The summed E-state index contributed by atoms with van der Waals surface area (Å²) in [6.45, 7) is 2.42. The predicted octanol–water partition coefficient (Wildman–Crippen LogP) is 1.75. The second-order valence-electron chi connectivity index (χ2n) is 3.59. The fourth-order valence-electron chi connectivity index (χ4n) is 1.50. The largest absolute Gasteiger partial charge is 0.493 e. The van der Waals surface area contributed by atoms with Gasteiger partial charge in [0.1, 0.15) is 11.6 Å². The maximum Gasteiger partial charge on any atom is 0.261 e. The Balaban J connectivity index is 3.12. The summed E-state index contributed by atoms with van der Waals surface area (Å²) in [5.74, 6) is 0.765. The minimum absolute atomic E-state index is 0.0358. The Morgan fingerprint density at radius 1 is 1.47 bits per heavy atom. The van der Waals surface area contributed by atoms with Gasteiger partial charge in [-0.15, -0.1) is 0 Å². The van der Waals surface area contributed by atoms with E-state index < -0.39 is 5.91 Å². The summed E-state index contributed by atoms with van der Waals surface area (Å²) in [5, 5.41) is 11.3. The van der Waals surface area contributed by atoms with E-state index in [0.29, 0.717) is 23.7 Å². The fourth-order valence-corrected chi connectivity index (χ4v) is 1.50. The summed E-state index contributed by atoms with van der Waals surface area (Å²) in [7, 11) is 3.02. The highest BCUT2D eigenvalue weighted by Gasteiger charge is 2.08. The molecule has 0 aliphatic heterocycles. The Kier molecular flexibility index (Phi) is 5.42. The molecule has 1 N–H and O–H groups in total. The first-order chi connectivity index (χ1) is 9.15. The third kappa shape index (κ3) is 3.75.